The molecule has 0 spiro atoms. The van der Waals surface area contributed by atoms with Crippen LogP contribution in [-0.4, -0.2) is 29.8 Å². The van der Waals surface area contributed by atoms with Crippen LogP contribution in [0.2, 0.25) is 0 Å². The SMILES string of the molecule is CCn1cc(-c2cncc(-n3cccn3)c2)nn1. The molecule has 0 aliphatic rings. The summed E-state index contributed by atoms with van der Waals surface area (Å²) in [6.07, 6.45) is 9.06. The maximum absolute atomic E-state index is 4.21. The molecule has 3 aromatic rings. The van der Waals surface area contributed by atoms with Gasteiger partial charge >= 0.3 is 0 Å². The van der Waals surface area contributed by atoms with Gasteiger partial charge in [-0.25, -0.2) is 4.68 Å². The summed E-state index contributed by atoms with van der Waals surface area (Å²) in [7, 11) is 0. The monoisotopic (exact) mass is 240 g/mol. The maximum atomic E-state index is 4.21. The van der Waals surface area contributed by atoms with Crippen molar-refractivity contribution < 1.29 is 0 Å². The van der Waals surface area contributed by atoms with Gasteiger partial charge in [0.25, 0.3) is 0 Å². The first kappa shape index (κ1) is 10.6. The van der Waals surface area contributed by atoms with Crippen LogP contribution < -0.4 is 0 Å². The fourth-order valence-electron chi connectivity index (χ4n) is 1.70. The number of aryl methyl sites for hydroxylation is 1. The summed E-state index contributed by atoms with van der Waals surface area (Å²) in [6, 6.07) is 3.87. The van der Waals surface area contributed by atoms with E-state index in [0.29, 0.717) is 0 Å². The van der Waals surface area contributed by atoms with Gasteiger partial charge in [0.1, 0.15) is 5.69 Å². The second-order valence-corrected chi connectivity index (χ2v) is 3.84. The Morgan fingerprint density at radius 1 is 1.28 bits per heavy atom. The minimum atomic E-state index is 0.805. The second-order valence-electron chi connectivity index (χ2n) is 3.84. The molecule has 0 atom stereocenters. The molecule has 0 fully saturated rings. The van der Waals surface area contributed by atoms with Crippen molar-refractivity contribution in [1.29, 1.82) is 0 Å². The zero-order chi connectivity index (χ0) is 12.4. The lowest BCUT2D eigenvalue weighted by atomic mass is 10.2. The van der Waals surface area contributed by atoms with Crippen LogP contribution in [0.4, 0.5) is 0 Å². The van der Waals surface area contributed by atoms with Crippen molar-refractivity contribution in [1.82, 2.24) is 29.8 Å². The average Bonchev–Trinajstić information content (AvgIpc) is 3.10. The molecule has 90 valence electrons. The average molecular weight is 240 g/mol. The van der Waals surface area contributed by atoms with Crippen molar-refractivity contribution in [2.24, 2.45) is 0 Å². The van der Waals surface area contributed by atoms with Gasteiger partial charge in [-0.05, 0) is 19.1 Å². The third-order valence-corrected chi connectivity index (χ3v) is 2.65. The molecule has 0 aliphatic carbocycles. The quantitative estimate of drug-likeness (QED) is 0.696. The van der Waals surface area contributed by atoms with Gasteiger partial charge in [0.2, 0.25) is 0 Å². The lowest BCUT2D eigenvalue weighted by molar-refractivity contribution is 0.627. The largest absolute Gasteiger partial charge is 0.262 e. The van der Waals surface area contributed by atoms with Gasteiger partial charge in [0, 0.05) is 30.7 Å². The van der Waals surface area contributed by atoms with E-state index in [2.05, 4.69) is 20.4 Å². The topological polar surface area (TPSA) is 61.4 Å². The van der Waals surface area contributed by atoms with Crippen LogP contribution in [0.1, 0.15) is 6.92 Å². The first-order chi connectivity index (χ1) is 8.86. The van der Waals surface area contributed by atoms with Gasteiger partial charge in [0.05, 0.1) is 18.1 Å². The van der Waals surface area contributed by atoms with Crippen molar-refractivity contribution in [3.8, 4) is 16.9 Å². The zero-order valence-corrected chi connectivity index (χ0v) is 9.93. The Morgan fingerprint density at radius 2 is 2.22 bits per heavy atom. The Hall–Kier alpha value is -2.50. The van der Waals surface area contributed by atoms with Crippen LogP contribution in [0, 0.1) is 0 Å². The van der Waals surface area contributed by atoms with E-state index >= 15 is 0 Å². The number of rotatable bonds is 3. The molecule has 3 aromatic heterocycles. The van der Waals surface area contributed by atoms with Crippen LogP contribution in [0.3, 0.4) is 0 Å². The summed E-state index contributed by atoms with van der Waals surface area (Å²) in [5.74, 6) is 0. The first-order valence-corrected chi connectivity index (χ1v) is 5.72. The molecule has 3 heterocycles. The Balaban J connectivity index is 2.00. The Bertz CT molecular complexity index is 640. The fraction of sp³-hybridized carbons (Fsp3) is 0.167. The highest BCUT2D eigenvalue weighted by Crippen LogP contribution is 2.17. The predicted molar refractivity (Wildman–Crippen MR) is 66.0 cm³/mol. The van der Waals surface area contributed by atoms with Gasteiger partial charge in [-0.1, -0.05) is 5.21 Å². The van der Waals surface area contributed by atoms with E-state index in [1.807, 2.05) is 31.5 Å². The fourth-order valence-corrected chi connectivity index (χ4v) is 1.70. The van der Waals surface area contributed by atoms with Gasteiger partial charge in [-0.2, -0.15) is 5.10 Å². The van der Waals surface area contributed by atoms with Crippen molar-refractivity contribution >= 4 is 0 Å². The summed E-state index contributed by atoms with van der Waals surface area (Å²) in [5.41, 5.74) is 2.66. The maximum Gasteiger partial charge on any atom is 0.114 e. The molecule has 0 radical (unpaired) electrons. The van der Waals surface area contributed by atoms with Gasteiger partial charge in [-0.3, -0.25) is 9.67 Å². The Morgan fingerprint density at radius 3 is 2.94 bits per heavy atom. The minimum Gasteiger partial charge on any atom is -0.262 e. The first-order valence-electron chi connectivity index (χ1n) is 5.72. The molecule has 6 nitrogen and oxygen atoms in total. The number of hydrogen-bond donors (Lipinski definition) is 0. The van der Waals surface area contributed by atoms with E-state index in [-0.39, 0.29) is 0 Å². The molecule has 0 aromatic carbocycles. The summed E-state index contributed by atoms with van der Waals surface area (Å²) in [5, 5.41) is 12.3. The zero-order valence-electron chi connectivity index (χ0n) is 9.93. The normalized spacial score (nSPS) is 10.7. The highest BCUT2D eigenvalue weighted by molar-refractivity contribution is 5.59. The van der Waals surface area contributed by atoms with E-state index in [4.69, 9.17) is 0 Å². The summed E-state index contributed by atoms with van der Waals surface area (Å²) < 4.78 is 3.55. The molecule has 0 unspecified atom stereocenters. The lowest BCUT2D eigenvalue weighted by Gasteiger charge is -2.02. The molecule has 0 aliphatic heterocycles. The Labute approximate surface area is 104 Å². The van der Waals surface area contributed by atoms with Crippen molar-refractivity contribution in [3.63, 3.8) is 0 Å². The third kappa shape index (κ3) is 1.88. The minimum absolute atomic E-state index is 0.805. The predicted octanol–water partition coefficient (Wildman–Crippen LogP) is 1.55. The number of hydrogen-bond acceptors (Lipinski definition) is 4. The van der Waals surface area contributed by atoms with Gasteiger partial charge < -0.3 is 0 Å². The summed E-state index contributed by atoms with van der Waals surface area (Å²) >= 11 is 0. The smallest absolute Gasteiger partial charge is 0.114 e. The van der Waals surface area contributed by atoms with Crippen LogP contribution in [0.25, 0.3) is 16.9 Å². The van der Waals surface area contributed by atoms with E-state index in [1.165, 1.54) is 0 Å². The van der Waals surface area contributed by atoms with Crippen molar-refractivity contribution in [2.45, 2.75) is 13.5 Å². The molecule has 18 heavy (non-hydrogen) atoms. The molecule has 0 saturated carbocycles. The van der Waals surface area contributed by atoms with E-state index < -0.39 is 0 Å². The van der Waals surface area contributed by atoms with Crippen molar-refractivity contribution in [3.05, 3.63) is 43.1 Å². The van der Waals surface area contributed by atoms with E-state index in [9.17, 15) is 0 Å². The van der Waals surface area contributed by atoms with Crippen LogP contribution in [0.5, 0.6) is 0 Å². The molecule has 0 saturated heterocycles. The van der Waals surface area contributed by atoms with Crippen LogP contribution in [0.15, 0.2) is 43.1 Å². The molecule has 0 amide bonds. The lowest BCUT2D eigenvalue weighted by Crippen LogP contribution is -1.95. The number of nitrogens with zero attached hydrogens (tertiary/aromatic N) is 6. The number of aromatic nitrogens is 6. The van der Waals surface area contributed by atoms with E-state index in [1.54, 1.807) is 28.0 Å². The van der Waals surface area contributed by atoms with Gasteiger partial charge in [-0.15, -0.1) is 5.10 Å². The van der Waals surface area contributed by atoms with Crippen molar-refractivity contribution in [2.75, 3.05) is 0 Å². The molecular formula is C12H12N6. The summed E-state index contributed by atoms with van der Waals surface area (Å²) in [4.78, 5) is 4.21. The van der Waals surface area contributed by atoms with Crippen LogP contribution in [-0.2, 0) is 6.54 Å². The molecule has 0 N–H and O–H groups in total. The molecule has 6 heteroatoms. The molecule has 3 rings (SSSR count). The van der Waals surface area contributed by atoms with E-state index in [0.717, 1.165) is 23.5 Å². The highest BCUT2D eigenvalue weighted by atomic mass is 15.4. The van der Waals surface area contributed by atoms with Gasteiger partial charge in [0.15, 0.2) is 0 Å². The standard InChI is InChI=1S/C12H12N6/c1-2-17-9-12(15-16-17)10-6-11(8-13-7-10)18-5-3-4-14-18/h3-9H,2H2,1H3. The van der Waals surface area contributed by atoms with Crippen LogP contribution >= 0.6 is 0 Å². The highest BCUT2D eigenvalue weighted by Gasteiger charge is 2.05. The number of pyridine rings is 1. The molecule has 0 bridgehead atoms. The Kier molecular flexibility index (Phi) is 2.60. The third-order valence-electron chi connectivity index (χ3n) is 2.65. The molecular weight excluding hydrogens is 228 g/mol. The summed E-state index contributed by atoms with van der Waals surface area (Å²) in [6.45, 7) is 2.83. The second kappa shape index (κ2) is 4.40.